The molecule has 2 aliphatic heterocycles. The Morgan fingerprint density at radius 1 is 0.633 bits per heavy atom. The monoisotopic (exact) mass is 1410 g/mol. The molecule has 0 unspecified atom stereocenters. The number of hydrogen-bond acceptors (Lipinski definition) is 11. The highest BCUT2D eigenvalue weighted by Gasteiger charge is 2.56. The van der Waals surface area contributed by atoms with E-state index in [2.05, 4.69) is 16.0 Å². The van der Waals surface area contributed by atoms with Gasteiger partial charge in [-0.3, -0.25) is 52.7 Å². The predicted molar refractivity (Wildman–Crippen MR) is 344 cm³/mol. The van der Waals surface area contributed by atoms with Crippen LogP contribution in [0.1, 0.15) is 134 Å². The number of hydrogen-bond donors (Lipinski definition) is 3. The molecule has 22 nitrogen and oxygen atoms in total. The second-order valence-electron chi connectivity index (χ2n) is 27.4. The van der Waals surface area contributed by atoms with E-state index in [1.165, 1.54) is 49.9 Å². The molecule has 2 heterocycles. The molecule has 3 N–H and O–H groups in total. The Bertz CT molecular complexity index is 3280. The molecule has 11 amide bonds. The van der Waals surface area contributed by atoms with E-state index in [-0.39, 0.29) is 49.1 Å². The van der Waals surface area contributed by atoms with Crippen LogP contribution in [-0.2, 0) is 77.9 Å². The number of aryl methyl sites for hydroxylation is 1. The van der Waals surface area contributed by atoms with Gasteiger partial charge in [0.25, 0.3) is 5.92 Å². The van der Waals surface area contributed by atoms with E-state index in [0.717, 1.165) is 70.1 Å². The Balaban J connectivity index is 1.42. The van der Waals surface area contributed by atoms with Crippen molar-refractivity contribution < 1.29 is 87.9 Å². The van der Waals surface area contributed by atoms with E-state index in [1.807, 2.05) is 13.8 Å². The smallest absolute Gasteiger partial charge is 0.343 e. The third-order valence-electron chi connectivity index (χ3n) is 19.6. The van der Waals surface area contributed by atoms with Crippen LogP contribution in [0.3, 0.4) is 0 Å². The van der Waals surface area contributed by atoms with Gasteiger partial charge in [-0.2, -0.15) is 26.3 Å². The third kappa shape index (κ3) is 19.4. The Kier molecular flexibility index (Phi) is 26.4. The molecule has 98 heavy (non-hydrogen) atoms. The zero-order chi connectivity index (χ0) is 73.4. The fourth-order valence-electron chi connectivity index (χ4n) is 13.1. The number of likely N-dealkylation sites (N-methyl/N-ethyl adjacent to an activating group) is 7. The van der Waals surface area contributed by atoms with E-state index in [0.29, 0.717) is 49.5 Å². The van der Waals surface area contributed by atoms with Gasteiger partial charge < -0.3 is 55.1 Å². The average molecular weight is 1410 g/mol. The standard InChI is InChI=1S/C67H92ClF8N11O11/c1-13-39(4)55-61(96)82(8)35-53(90)80(6)36-54(91)85(11)49(32-42-19-23-44(24-20-42)66(71,72)73)60(95)81(7)34-51(88)77-47(26-22-41-21-25-45(46(68)31-41)67(74,75)76)59(94)87-37-65(69,70)33-50(87)58(93)79-64(27-16-28-64)63(98)86(12)56(43-17-14-15-18-43)62(97)83(9)40(5)30-52(89)84(10)48(29-38(2)3)57(92)78-55/h19-21,23-25,31,38-40,43,47-50,55-56H,13-18,22,26-30,32-37H2,1-12H3,(H,77,88)(H,78,92)(H,79,93)/t39-,40+,47-,48-,49-,50-,55-,56-/m0/s1. The van der Waals surface area contributed by atoms with Crippen LogP contribution in [0.4, 0.5) is 35.1 Å². The van der Waals surface area contributed by atoms with Gasteiger partial charge in [-0.05, 0) is 111 Å². The summed E-state index contributed by atoms with van der Waals surface area (Å²) >= 11 is 6.04. The van der Waals surface area contributed by atoms with Crippen LogP contribution in [0, 0.1) is 17.8 Å². The van der Waals surface area contributed by atoms with Gasteiger partial charge in [-0.25, -0.2) is 8.78 Å². The molecule has 544 valence electrons. The first-order valence-corrected chi connectivity index (χ1v) is 33.3. The summed E-state index contributed by atoms with van der Waals surface area (Å²) in [7, 11) is 9.04. The summed E-state index contributed by atoms with van der Waals surface area (Å²) in [6, 6.07) is -3.72. The number of carbonyl (C=O) groups is 11. The van der Waals surface area contributed by atoms with Crippen molar-refractivity contribution in [2.24, 2.45) is 17.8 Å². The van der Waals surface area contributed by atoms with Crippen LogP contribution in [0.15, 0.2) is 42.5 Å². The van der Waals surface area contributed by atoms with Gasteiger partial charge in [0.1, 0.15) is 41.8 Å². The molecule has 4 aliphatic rings. The van der Waals surface area contributed by atoms with Crippen molar-refractivity contribution in [3.63, 3.8) is 0 Å². The summed E-state index contributed by atoms with van der Waals surface area (Å²) in [5, 5.41) is 7.17. The lowest BCUT2D eigenvalue weighted by Crippen LogP contribution is -2.68. The normalized spacial score (nSPS) is 25.7. The van der Waals surface area contributed by atoms with Crippen molar-refractivity contribution in [3.8, 4) is 0 Å². The van der Waals surface area contributed by atoms with Crippen molar-refractivity contribution in [1.29, 1.82) is 0 Å². The summed E-state index contributed by atoms with van der Waals surface area (Å²) in [4.78, 5) is 168. The Morgan fingerprint density at radius 3 is 1.77 bits per heavy atom. The van der Waals surface area contributed by atoms with Crippen LogP contribution < -0.4 is 16.0 Å². The van der Waals surface area contributed by atoms with E-state index >= 15 is 13.6 Å². The lowest BCUT2D eigenvalue weighted by molar-refractivity contribution is -0.155. The van der Waals surface area contributed by atoms with Crippen molar-refractivity contribution in [2.45, 2.75) is 191 Å². The van der Waals surface area contributed by atoms with Crippen molar-refractivity contribution in [1.82, 2.24) is 55.1 Å². The topological polar surface area (TPSA) is 250 Å². The Morgan fingerprint density at radius 2 is 1.21 bits per heavy atom. The van der Waals surface area contributed by atoms with Gasteiger partial charge in [0.05, 0.1) is 42.3 Å². The van der Waals surface area contributed by atoms with E-state index in [4.69, 9.17) is 11.6 Å². The molecule has 2 aromatic carbocycles. The molecule has 2 saturated carbocycles. The second kappa shape index (κ2) is 32.6. The SMILES string of the molecule is CC[C@H](C)[C@@H]1NC(=O)[C@H](CC(C)C)N(C)C(=O)C[C@@H](C)N(C)C(=O)[C@H](C2CCCC2)N(C)C(=O)C2(CCC2)NC(=O)[C@@H]2CC(F)(F)CN2C(=O)[C@H](CCc2ccc(C(F)(F)F)c(Cl)c2)NC(=O)CN(C)C(=O)[C@H](Cc2ccc(C(F)(F)F)cc2)N(C)C(=O)CN(C)C(=O)CN(C)C1=O. The minimum Gasteiger partial charge on any atom is -0.343 e. The summed E-state index contributed by atoms with van der Waals surface area (Å²) in [6.07, 6.45) is -9.36. The minimum absolute atomic E-state index is 0.0157. The number of halogens is 9. The molecule has 2 aliphatic carbocycles. The molecular weight excluding hydrogens is 1320 g/mol. The van der Waals surface area contributed by atoms with Gasteiger partial charge in [0, 0.05) is 74.6 Å². The van der Waals surface area contributed by atoms with Crippen molar-refractivity contribution >= 4 is 76.6 Å². The van der Waals surface area contributed by atoms with Crippen LogP contribution >= 0.6 is 11.6 Å². The fraction of sp³-hybridized carbons (Fsp3) is 0.657. The molecule has 0 bridgehead atoms. The number of benzene rings is 2. The largest absolute Gasteiger partial charge is 0.417 e. The predicted octanol–water partition coefficient (Wildman–Crippen LogP) is 6.19. The quantitative estimate of drug-likeness (QED) is 0.226. The van der Waals surface area contributed by atoms with Crippen LogP contribution in [0.5, 0.6) is 0 Å². The first-order chi connectivity index (χ1) is 45.5. The van der Waals surface area contributed by atoms with Gasteiger partial charge in [0.2, 0.25) is 65.0 Å². The summed E-state index contributed by atoms with van der Waals surface area (Å²) in [5.41, 5.74) is -3.86. The number of alkyl halides is 8. The number of nitrogens with one attached hydrogen (secondary N) is 3. The molecule has 6 rings (SSSR count). The summed E-state index contributed by atoms with van der Waals surface area (Å²) in [5.74, 6) is -14.5. The molecule has 1 spiro atoms. The lowest BCUT2D eigenvalue weighted by Gasteiger charge is -2.46. The maximum absolute atomic E-state index is 15.9. The highest BCUT2D eigenvalue weighted by molar-refractivity contribution is 6.31. The lowest BCUT2D eigenvalue weighted by atomic mass is 9.74. The zero-order valence-corrected chi connectivity index (χ0v) is 58.3. The molecular formula is C67H92ClF8N11O11. The van der Waals surface area contributed by atoms with E-state index < -0.39 is 205 Å². The van der Waals surface area contributed by atoms with Crippen LogP contribution in [-0.4, -0.2) is 233 Å². The van der Waals surface area contributed by atoms with Crippen molar-refractivity contribution in [3.05, 3.63) is 69.7 Å². The van der Waals surface area contributed by atoms with Gasteiger partial charge >= 0.3 is 12.4 Å². The summed E-state index contributed by atoms with van der Waals surface area (Å²) in [6.45, 7) is 4.97. The first-order valence-electron chi connectivity index (χ1n) is 32.9. The van der Waals surface area contributed by atoms with E-state index in [1.54, 1.807) is 20.8 Å². The molecule has 0 radical (unpaired) electrons. The molecule has 31 heteroatoms. The highest BCUT2D eigenvalue weighted by atomic mass is 35.5. The maximum Gasteiger partial charge on any atom is 0.417 e. The fourth-order valence-corrected chi connectivity index (χ4v) is 13.4. The molecule has 4 fully saturated rings. The minimum atomic E-state index is -4.87. The Hall–Kier alpha value is -7.66. The van der Waals surface area contributed by atoms with Gasteiger partial charge in [-0.15, -0.1) is 0 Å². The van der Waals surface area contributed by atoms with Crippen LogP contribution in [0.2, 0.25) is 5.02 Å². The summed E-state index contributed by atoms with van der Waals surface area (Å²) < 4.78 is 114. The number of nitrogens with zero attached hydrogens (tertiary/aromatic N) is 8. The molecule has 2 saturated heterocycles. The number of rotatable bonds is 10. The van der Waals surface area contributed by atoms with E-state index in [9.17, 15) is 74.3 Å². The average Bonchev–Trinajstić information content (AvgIpc) is 1.76. The third-order valence-corrected chi connectivity index (χ3v) is 20.0. The first kappa shape index (κ1) is 79.3. The second-order valence-corrected chi connectivity index (χ2v) is 27.8. The number of amides is 11. The maximum atomic E-state index is 15.9. The van der Waals surface area contributed by atoms with Gasteiger partial charge in [0.15, 0.2) is 0 Å². The van der Waals surface area contributed by atoms with Gasteiger partial charge in [-0.1, -0.05) is 76.8 Å². The highest BCUT2D eigenvalue weighted by Crippen LogP contribution is 2.40. The van der Waals surface area contributed by atoms with Crippen molar-refractivity contribution in [2.75, 3.05) is 75.5 Å². The Labute approximate surface area is 571 Å². The number of carbonyl (C=O) groups excluding carboxylic acids is 11. The molecule has 0 aromatic heterocycles. The molecule has 8 atom stereocenters. The van der Waals surface area contributed by atoms with Crippen LogP contribution in [0.25, 0.3) is 0 Å². The zero-order valence-electron chi connectivity index (χ0n) is 57.5. The number of fused-ring (bicyclic) bond motifs is 1. The molecule has 2 aromatic rings.